The van der Waals surface area contributed by atoms with Crippen molar-refractivity contribution in [1.29, 1.82) is 0 Å². The number of aromatic hydroxyl groups is 1. The average Bonchev–Trinajstić information content (AvgIpc) is 3.19. The number of hydrogen-bond acceptors (Lipinski definition) is 7. The molecule has 31 heavy (non-hydrogen) atoms. The maximum atomic E-state index is 12.7. The van der Waals surface area contributed by atoms with Crippen LogP contribution < -0.4 is 15.6 Å². The predicted octanol–water partition coefficient (Wildman–Crippen LogP) is 2.22. The van der Waals surface area contributed by atoms with Crippen LogP contribution in [0.5, 0.6) is 5.75 Å². The van der Waals surface area contributed by atoms with Gasteiger partial charge in [-0.25, -0.2) is 13.4 Å². The number of thiazole rings is 1. The molecule has 9 nitrogen and oxygen atoms in total. The number of terminal acetylenes is 1. The molecule has 1 unspecified atom stereocenters. The van der Waals surface area contributed by atoms with Crippen LogP contribution in [0.4, 0.5) is 5.13 Å². The summed E-state index contributed by atoms with van der Waals surface area (Å²) in [6.07, 6.45) is 10.8. The van der Waals surface area contributed by atoms with Gasteiger partial charge in [0.1, 0.15) is 5.69 Å². The highest BCUT2D eigenvalue weighted by Crippen LogP contribution is 2.19. The van der Waals surface area contributed by atoms with E-state index in [4.69, 9.17) is 6.42 Å². The summed E-state index contributed by atoms with van der Waals surface area (Å²) < 4.78 is 25.7. The minimum atomic E-state index is -3.49. The molecule has 1 atom stereocenters. The summed E-state index contributed by atoms with van der Waals surface area (Å²) in [6.45, 7) is 1.50. The zero-order chi connectivity index (χ0) is 22.9. The number of aromatic nitrogens is 2. The third-order valence-corrected chi connectivity index (χ3v) is 6.70. The molecule has 1 amide bonds. The number of nitrogens with one attached hydrogen (secondary N) is 3. The lowest BCUT2D eigenvalue weighted by Crippen LogP contribution is -2.37. The topological polar surface area (TPSA) is 141 Å². The van der Waals surface area contributed by atoms with Crippen molar-refractivity contribution in [3.05, 3.63) is 39.3 Å². The first-order chi connectivity index (χ1) is 14.8. The van der Waals surface area contributed by atoms with Gasteiger partial charge in [0, 0.05) is 29.6 Å². The first kappa shape index (κ1) is 24.4. The molecule has 2 heterocycles. The molecule has 2 aromatic heterocycles. The van der Waals surface area contributed by atoms with Gasteiger partial charge in [0.15, 0.2) is 10.9 Å². The van der Waals surface area contributed by atoms with E-state index < -0.39 is 21.5 Å². The van der Waals surface area contributed by atoms with Crippen molar-refractivity contribution in [2.75, 3.05) is 10.5 Å². The Morgan fingerprint density at radius 3 is 2.87 bits per heavy atom. The molecule has 11 heteroatoms. The zero-order valence-electron chi connectivity index (χ0n) is 17.2. The van der Waals surface area contributed by atoms with Gasteiger partial charge in [0.05, 0.1) is 5.75 Å². The van der Waals surface area contributed by atoms with E-state index in [-0.39, 0.29) is 34.8 Å². The smallest absolute Gasteiger partial charge is 0.290 e. The fourth-order valence-electron chi connectivity index (χ4n) is 2.85. The lowest BCUT2D eigenvalue weighted by atomic mass is 10.00. The third kappa shape index (κ3) is 7.73. The van der Waals surface area contributed by atoms with Gasteiger partial charge < -0.3 is 15.4 Å². The quantitative estimate of drug-likeness (QED) is 0.279. The van der Waals surface area contributed by atoms with E-state index in [2.05, 4.69) is 25.9 Å². The summed E-state index contributed by atoms with van der Waals surface area (Å²) in [7, 11) is -3.49. The fraction of sp³-hybridized carbons (Fsp3) is 0.450. The summed E-state index contributed by atoms with van der Waals surface area (Å²) in [5, 5.41) is 14.5. The molecule has 0 bridgehead atoms. The van der Waals surface area contributed by atoms with Crippen molar-refractivity contribution >= 4 is 32.4 Å². The number of sulfonamides is 1. The Balaban J connectivity index is 2.09. The van der Waals surface area contributed by atoms with Crippen molar-refractivity contribution in [2.45, 2.75) is 51.5 Å². The molecule has 0 saturated heterocycles. The molecule has 0 aliphatic carbocycles. The summed E-state index contributed by atoms with van der Waals surface area (Å²) in [4.78, 5) is 30.8. The molecule has 168 valence electrons. The molecule has 2 aromatic rings. The summed E-state index contributed by atoms with van der Waals surface area (Å²) in [5.41, 5.74) is -0.0810. The Bertz CT molecular complexity index is 1090. The lowest BCUT2D eigenvalue weighted by molar-refractivity contribution is 0.0929. The monoisotopic (exact) mass is 466 g/mol. The van der Waals surface area contributed by atoms with Crippen molar-refractivity contribution in [3.63, 3.8) is 0 Å². The fourth-order valence-corrected chi connectivity index (χ4v) is 4.41. The summed E-state index contributed by atoms with van der Waals surface area (Å²) in [6, 6.07) is 1.23. The van der Waals surface area contributed by atoms with Gasteiger partial charge in [-0.1, -0.05) is 12.8 Å². The first-order valence-corrected chi connectivity index (χ1v) is 12.4. The van der Waals surface area contributed by atoms with Crippen LogP contribution in [0.3, 0.4) is 0 Å². The molecule has 0 fully saturated rings. The van der Waals surface area contributed by atoms with Crippen molar-refractivity contribution in [2.24, 2.45) is 0 Å². The van der Waals surface area contributed by atoms with Crippen molar-refractivity contribution in [1.82, 2.24) is 15.3 Å². The predicted molar refractivity (Wildman–Crippen MR) is 121 cm³/mol. The molecule has 2 rings (SSSR count). The number of amides is 1. The van der Waals surface area contributed by atoms with Crippen LogP contribution >= 0.6 is 11.3 Å². The SMILES string of the molecule is C#CCCCCCC(Cc1cc[nH]c(=O)c1O)NC(=O)c1csc(NS(=O)(=O)CC)n1. The Labute approximate surface area is 185 Å². The highest BCUT2D eigenvalue weighted by Gasteiger charge is 2.19. The van der Waals surface area contributed by atoms with E-state index in [9.17, 15) is 23.1 Å². The van der Waals surface area contributed by atoms with Gasteiger partial charge in [-0.3, -0.25) is 14.3 Å². The molecule has 0 spiro atoms. The average molecular weight is 467 g/mol. The molecule has 4 N–H and O–H groups in total. The van der Waals surface area contributed by atoms with E-state index in [1.165, 1.54) is 18.5 Å². The van der Waals surface area contributed by atoms with E-state index in [0.717, 1.165) is 30.6 Å². The lowest BCUT2D eigenvalue weighted by Gasteiger charge is -2.19. The molecule has 0 aromatic carbocycles. The molecule has 0 aliphatic heterocycles. The number of anilines is 1. The number of H-pyrrole nitrogens is 1. The minimum absolute atomic E-state index is 0.0891. The van der Waals surface area contributed by atoms with E-state index >= 15 is 0 Å². The Hall–Kier alpha value is -2.84. The van der Waals surface area contributed by atoms with Crippen LogP contribution in [0.1, 0.15) is 55.1 Å². The molecule has 0 aliphatic rings. The normalized spacial score (nSPS) is 12.1. The number of hydrogen-bond donors (Lipinski definition) is 4. The van der Waals surface area contributed by atoms with Gasteiger partial charge in [0.2, 0.25) is 10.0 Å². The second kappa shape index (κ2) is 11.5. The van der Waals surface area contributed by atoms with E-state index in [1.54, 1.807) is 6.07 Å². The largest absolute Gasteiger partial charge is 0.503 e. The number of aromatic amines is 1. The van der Waals surface area contributed by atoms with Crippen LogP contribution in [0.15, 0.2) is 22.4 Å². The van der Waals surface area contributed by atoms with Crippen molar-refractivity contribution < 1.29 is 18.3 Å². The van der Waals surface area contributed by atoms with Gasteiger partial charge in [-0.05, 0) is 32.3 Å². The Morgan fingerprint density at radius 2 is 2.16 bits per heavy atom. The maximum absolute atomic E-state index is 12.7. The second-order valence-electron chi connectivity index (χ2n) is 6.90. The summed E-state index contributed by atoms with van der Waals surface area (Å²) >= 11 is 1.02. The third-order valence-electron chi connectivity index (χ3n) is 4.55. The number of carbonyl (C=O) groups excluding carboxylic acids is 1. The van der Waals surface area contributed by atoms with Crippen LogP contribution in [-0.2, 0) is 16.4 Å². The van der Waals surface area contributed by atoms with Crippen LogP contribution in [0.25, 0.3) is 0 Å². The second-order valence-corrected chi connectivity index (χ2v) is 9.77. The number of unbranched alkanes of at least 4 members (excludes halogenated alkanes) is 3. The minimum Gasteiger partial charge on any atom is -0.503 e. The van der Waals surface area contributed by atoms with Crippen LogP contribution in [-0.4, -0.2) is 41.2 Å². The number of pyridine rings is 1. The number of carbonyl (C=O) groups is 1. The van der Waals surface area contributed by atoms with Gasteiger partial charge in [-0.15, -0.1) is 23.7 Å². The zero-order valence-corrected chi connectivity index (χ0v) is 18.8. The molecule has 0 saturated carbocycles. The highest BCUT2D eigenvalue weighted by atomic mass is 32.2. The highest BCUT2D eigenvalue weighted by molar-refractivity contribution is 7.92. The molecule has 0 radical (unpaired) electrons. The Kier molecular flexibility index (Phi) is 9.08. The van der Waals surface area contributed by atoms with Gasteiger partial charge >= 0.3 is 0 Å². The standard InChI is InChI=1S/C20H26N4O5S2/c1-3-5-6-7-8-9-15(12-14-10-11-21-19(27)17(14)25)22-18(26)16-13-30-20(23-16)24-31(28,29)4-2/h1,10-11,13,15,25H,4-9,12H2,2H3,(H,21,27)(H,22,26)(H,23,24). The number of nitrogens with zero attached hydrogens (tertiary/aromatic N) is 1. The molecular formula is C20H26N4O5S2. The van der Waals surface area contributed by atoms with E-state index in [0.29, 0.717) is 18.4 Å². The van der Waals surface area contributed by atoms with Crippen LogP contribution in [0, 0.1) is 12.3 Å². The summed E-state index contributed by atoms with van der Waals surface area (Å²) in [5.74, 6) is 1.65. The van der Waals surface area contributed by atoms with Crippen LogP contribution in [0.2, 0.25) is 0 Å². The van der Waals surface area contributed by atoms with Gasteiger partial charge in [0.25, 0.3) is 11.5 Å². The molecular weight excluding hydrogens is 440 g/mol. The van der Waals surface area contributed by atoms with Gasteiger partial charge in [-0.2, -0.15) is 0 Å². The number of rotatable bonds is 12. The van der Waals surface area contributed by atoms with E-state index in [1.807, 2.05) is 0 Å². The van der Waals surface area contributed by atoms with Crippen molar-refractivity contribution in [3.8, 4) is 18.1 Å². The first-order valence-electron chi connectivity index (χ1n) is 9.85. The maximum Gasteiger partial charge on any atom is 0.290 e. The Morgan fingerprint density at radius 1 is 1.39 bits per heavy atom.